The lowest BCUT2D eigenvalue weighted by molar-refractivity contribution is 0.166. The third kappa shape index (κ3) is 3.40. The Bertz CT molecular complexity index is 831. The van der Waals surface area contributed by atoms with E-state index in [9.17, 15) is 0 Å². The number of hydrogen-bond donors (Lipinski definition) is 0. The number of rotatable bonds is 5. The summed E-state index contributed by atoms with van der Waals surface area (Å²) in [7, 11) is 1.65. The van der Waals surface area contributed by atoms with Gasteiger partial charge in [0.25, 0.3) is 0 Å². The van der Waals surface area contributed by atoms with Gasteiger partial charge < -0.3 is 14.4 Å². The van der Waals surface area contributed by atoms with E-state index in [0.717, 1.165) is 41.7 Å². The molecule has 3 aromatic rings. The fraction of sp³-hybridized carbons (Fsp3) is 0.200. The summed E-state index contributed by atoms with van der Waals surface area (Å²) in [5.74, 6) is 2.51. The molecule has 0 unspecified atom stereocenters. The standard InChI is InChI=1S/C20H19N3O2/c1-24-16-8-5-9-17(12-16)25-18-13-23(14-18)20-11-10-19(21-22-20)15-6-3-2-4-7-15/h2-12,18H,13-14H2,1H3. The minimum atomic E-state index is 0.155. The van der Waals surface area contributed by atoms with Gasteiger partial charge in [-0.3, -0.25) is 0 Å². The van der Waals surface area contributed by atoms with Crippen LogP contribution in [0, 0.1) is 0 Å². The van der Waals surface area contributed by atoms with Crippen LogP contribution in [0.5, 0.6) is 11.5 Å². The molecule has 1 aliphatic heterocycles. The molecule has 1 aliphatic rings. The summed E-state index contributed by atoms with van der Waals surface area (Å²) in [5, 5.41) is 8.68. The monoisotopic (exact) mass is 333 g/mol. The molecule has 0 atom stereocenters. The van der Waals surface area contributed by atoms with Crippen LogP contribution in [0.4, 0.5) is 5.82 Å². The third-order valence-electron chi connectivity index (χ3n) is 4.24. The van der Waals surface area contributed by atoms with Crippen molar-refractivity contribution in [3.8, 4) is 22.8 Å². The van der Waals surface area contributed by atoms with Crippen LogP contribution in [0.1, 0.15) is 0 Å². The molecule has 0 amide bonds. The van der Waals surface area contributed by atoms with Gasteiger partial charge >= 0.3 is 0 Å². The summed E-state index contributed by atoms with van der Waals surface area (Å²) in [6.07, 6.45) is 0.155. The highest BCUT2D eigenvalue weighted by Crippen LogP contribution is 2.25. The second kappa shape index (κ2) is 6.81. The van der Waals surface area contributed by atoms with Gasteiger partial charge in [-0.1, -0.05) is 36.4 Å². The number of methoxy groups -OCH3 is 1. The Morgan fingerprint density at radius 1 is 0.880 bits per heavy atom. The van der Waals surface area contributed by atoms with Crippen LogP contribution in [0.15, 0.2) is 66.7 Å². The Balaban J connectivity index is 1.36. The molecule has 2 aromatic carbocycles. The first kappa shape index (κ1) is 15.4. The minimum Gasteiger partial charge on any atom is -0.497 e. The second-order valence-electron chi connectivity index (χ2n) is 5.97. The average molecular weight is 333 g/mol. The topological polar surface area (TPSA) is 47.5 Å². The maximum absolute atomic E-state index is 5.97. The Hall–Kier alpha value is -3.08. The van der Waals surface area contributed by atoms with E-state index in [1.165, 1.54) is 0 Å². The number of aromatic nitrogens is 2. The highest BCUT2D eigenvalue weighted by molar-refractivity contribution is 5.59. The van der Waals surface area contributed by atoms with Gasteiger partial charge in [0.1, 0.15) is 17.6 Å². The fourth-order valence-corrected chi connectivity index (χ4v) is 2.82. The lowest BCUT2D eigenvalue weighted by Crippen LogP contribution is -2.54. The van der Waals surface area contributed by atoms with Gasteiger partial charge in [0.05, 0.1) is 25.9 Å². The van der Waals surface area contributed by atoms with Gasteiger partial charge in [-0.05, 0) is 24.3 Å². The van der Waals surface area contributed by atoms with Crippen molar-refractivity contribution >= 4 is 5.82 Å². The van der Waals surface area contributed by atoms with Gasteiger partial charge in [0.2, 0.25) is 0 Å². The van der Waals surface area contributed by atoms with Gasteiger partial charge in [-0.25, -0.2) is 0 Å². The quantitative estimate of drug-likeness (QED) is 0.716. The van der Waals surface area contributed by atoms with Gasteiger partial charge in [0, 0.05) is 11.6 Å². The van der Waals surface area contributed by atoms with Crippen molar-refractivity contribution in [2.24, 2.45) is 0 Å². The molecule has 4 rings (SSSR count). The Morgan fingerprint density at radius 3 is 2.40 bits per heavy atom. The number of benzene rings is 2. The van der Waals surface area contributed by atoms with Gasteiger partial charge in [-0.2, -0.15) is 0 Å². The molecular formula is C20H19N3O2. The molecule has 1 aromatic heterocycles. The van der Waals surface area contributed by atoms with E-state index in [-0.39, 0.29) is 6.10 Å². The molecule has 0 N–H and O–H groups in total. The zero-order valence-corrected chi connectivity index (χ0v) is 14.0. The van der Waals surface area contributed by atoms with E-state index < -0.39 is 0 Å². The highest BCUT2D eigenvalue weighted by Gasteiger charge is 2.29. The predicted molar refractivity (Wildman–Crippen MR) is 97.1 cm³/mol. The molecule has 0 spiro atoms. The molecule has 25 heavy (non-hydrogen) atoms. The first-order chi connectivity index (χ1) is 12.3. The van der Waals surface area contributed by atoms with Crippen LogP contribution < -0.4 is 14.4 Å². The molecule has 0 aliphatic carbocycles. The van der Waals surface area contributed by atoms with Crippen LogP contribution in [0.2, 0.25) is 0 Å². The van der Waals surface area contributed by atoms with E-state index >= 15 is 0 Å². The minimum absolute atomic E-state index is 0.155. The summed E-state index contributed by atoms with van der Waals surface area (Å²) in [6, 6.07) is 21.8. The first-order valence-electron chi connectivity index (χ1n) is 8.26. The van der Waals surface area contributed by atoms with Crippen molar-refractivity contribution < 1.29 is 9.47 Å². The molecule has 2 heterocycles. The average Bonchev–Trinajstić information content (AvgIpc) is 2.65. The van der Waals surface area contributed by atoms with E-state index in [1.54, 1.807) is 7.11 Å². The van der Waals surface area contributed by atoms with Crippen molar-refractivity contribution in [2.45, 2.75) is 6.10 Å². The van der Waals surface area contributed by atoms with Crippen molar-refractivity contribution in [1.82, 2.24) is 10.2 Å². The van der Waals surface area contributed by atoms with Crippen molar-refractivity contribution in [3.05, 3.63) is 66.7 Å². The largest absolute Gasteiger partial charge is 0.497 e. The van der Waals surface area contributed by atoms with Gasteiger partial charge in [-0.15, -0.1) is 10.2 Å². The molecule has 5 nitrogen and oxygen atoms in total. The van der Waals surface area contributed by atoms with E-state index in [0.29, 0.717) is 0 Å². The van der Waals surface area contributed by atoms with Crippen LogP contribution in [0.25, 0.3) is 11.3 Å². The summed E-state index contributed by atoms with van der Waals surface area (Å²) < 4.78 is 11.2. The lowest BCUT2D eigenvalue weighted by Gasteiger charge is -2.39. The van der Waals surface area contributed by atoms with Crippen LogP contribution in [-0.2, 0) is 0 Å². The normalized spacial score (nSPS) is 14.0. The molecule has 1 fully saturated rings. The summed E-state index contributed by atoms with van der Waals surface area (Å²) in [6.45, 7) is 1.60. The van der Waals surface area contributed by atoms with Crippen molar-refractivity contribution in [3.63, 3.8) is 0 Å². The maximum Gasteiger partial charge on any atom is 0.151 e. The second-order valence-corrected chi connectivity index (χ2v) is 5.97. The van der Waals surface area contributed by atoms with E-state index in [2.05, 4.69) is 15.1 Å². The SMILES string of the molecule is COc1cccc(OC2CN(c3ccc(-c4ccccc4)nn3)C2)c1. The number of hydrogen-bond acceptors (Lipinski definition) is 5. The Kier molecular flexibility index (Phi) is 4.21. The number of nitrogens with zero attached hydrogens (tertiary/aromatic N) is 3. The number of ether oxygens (including phenoxy) is 2. The van der Waals surface area contributed by atoms with Crippen LogP contribution >= 0.6 is 0 Å². The molecule has 1 saturated heterocycles. The summed E-state index contributed by atoms with van der Waals surface area (Å²) >= 11 is 0. The molecular weight excluding hydrogens is 314 g/mol. The predicted octanol–water partition coefficient (Wildman–Crippen LogP) is 3.42. The van der Waals surface area contributed by atoms with Crippen molar-refractivity contribution in [2.75, 3.05) is 25.1 Å². The molecule has 0 saturated carbocycles. The molecule has 126 valence electrons. The van der Waals surface area contributed by atoms with E-state index in [4.69, 9.17) is 9.47 Å². The zero-order chi connectivity index (χ0) is 17.1. The Labute approximate surface area is 146 Å². The first-order valence-corrected chi connectivity index (χ1v) is 8.26. The van der Waals surface area contributed by atoms with Crippen molar-refractivity contribution in [1.29, 1.82) is 0 Å². The molecule has 0 bridgehead atoms. The third-order valence-corrected chi connectivity index (χ3v) is 4.24. The lowest BCUT2D eigenvalue weighted by atomic mass is 10.1. The zero-order valence-electron chi connectivity index (χ0n) is 14.0. The van der Waals surface area contributed by atoms with Crippen LogP contribution in [0.3, 0.4) is 0 Å². The Morgan fingerprint density at radius 2 is 1.68 bits per heavy atom. The smallest absolute Gasteiger partial charge is 0.151 e. The summed E-state index contributed by atoms with van der Waals surface area (Å²) in [5.41, 5.74) is 1.96. The maximum atomic E-state index is 5.97. The van der Waals surface area contributed by atoms with E-state index in [1.807, 2.05) is 66.7 Å². The van der Waals surface area contributed by atoms with Gasteiger partial charge in [0.15, 0.2) is 5.82 Å². The summed E-state index contributed by atoms with van der Waals surface area (Å²) in [4.78, 5) is 2.16. The van der Waals surface area contributed by atoms with Crippen LogP contribution in [-0.4, -0.2) is 36.5 Å². The molecule has 0 radical (unpaired) electrons. The highest BCUT2D eigenvalue weighted by atomic mass is 16.5. The number of anilines is 1. The fourth-order valence-electron chi connectivity index (χ4n) is 2.82. The molecule has 5 heteroatoms.